The molecule has 0 spiro atoms. The number of aromatic nitrogens is 3. The Kier molecular flexibility index (Phi) is 5.62. The van der Waals surface area contributed by atoms with E-state index in [0.29, 0.717) is 28.7 Å². The van der Waals surface area contributed by atoms with Crippen LogP contribution in [0.25, 0.3) is 0 Å². The first-order valence-corrected chi connectivity index (χ1v) is 8.62. The lowest BCUT2D eigenvalue weighted by Gasteiger charge is -2.13. The Morgan fingerprint density at radius 3 is 2.57 bits per heavy atom. The molecule has 2 heterocycles. The quantitative estimate of drug-likeness (QED) is 0.563. The lowest BCUT2D eigenvalue weighted by atomic mass is 10.2. The summed E-state index contributed by atoms with van der Waals surface area (Å²) in [7, 11) is 1.50. The van der Waals surface area contributed by atoms with E-state index in [4.69, 9.17) is 23.2 Å². The first-order chi connectivity index (χ1) is 13.4. The van der Waals surface area contributed by atoms with Crippen molar-refractivity contribution in [2.75, 3.05) is 7.11 Å². The Labute approximate surface area is 161 Å². The van der Waals surface area contributed by atoms with E-state index in [-0.39, 0.29) is 12.5 Å². The Morgan fingerprint density at radius 2 is 1.96 bits per heavy atom. The molecule has 0 bridgehead atoms. The van der Waals surface area contributed by atoms with Crippen molar-refractivity contribution in [1.29, 1.82) is 0 Å². The fourth-order valence-corrected chi connectivity index (χ4v) is 2.53. The number of rotatable bonds is 7. The number of nitrogens with zero attached hydrogens (tertiary/aromatic N) is 3. The highest BCUT2D eigenvalue weighted by molar-refractivity contribution is 5.90. The molecule has 0 aliphatic carbocycles. The third-order valence-electron chi connectivity index (χ3n) is 4.13. The zero-order valence-corrected chi connectivity index (χ0v) is 16.3. The van der Waals surface area contributed by atoms with Crippen molar-refractivity contribution in [2.45, 2.75) is 40.4 Å². The predicted octanol–water partition coefficient (Wildman–Crippen LogP) is 3.49. The molecule has 2 aromatic heterocycles. The van der Waals surface area contributed by atoms with Gasteiger partial charge in [0.2, 0.25) is 5.89 Å². The largest absolute Gasteiger partial charge is 0.493 e. The van der Waals surface area contributed by atoms with Crippen LogP contribution in [0.15, 0.2) is 27.1 Å². The van der Waals surface area contributed by atoms with Crippen LogP contribution in [0.2, 0.25) is 0 Å². The smallest absolute Gasteiger partial charge is 0.339 e. The second kappa shape index (κ2) is 8.12. The van der Waals surface area contributed by atoms with E-state index >= 15 is 0 Å². The third-order valence-corrected chi connectivity index (χ3v) is 4.13. The van der Waals surface area contributed by atoms with Crippen molar-refractivity contribution in [1.82, 2.24) is 15.4 Å². The number of benzene rings is 1. The zero-order chi connectivity index (χ0) is 20.3. The van der Waals surface area contributed by atoms with E-state index < -0.39 is 12.1 Å². The summed E-state index contributed by atoms with van der Waals surface area (Å²) in [6, 6.07) is 4.80. The highest BCUT2D eigenvalue weighted by Gasteiger charge is 2.20. The maximum Gasteiger partial charge on any atom is 0.339 e. The normalized spacial score (nSPS) is 11.9. The van der Waals surface area contributed by atoms with E-state index in [1.165, 1.54) is 7.11 Å². The molecule has 148 valence electrons. The molecular formula is C19H21N3O6. The topological polar surface area (TPSA) is 110 Å². The number of carbonyl (C=O) groups is 1. The molecule has 0 saturated heterocycles. The average molecular weight is 387 g/mol. The summed E-state index contributed by atoms with van der Waals surface area (Å²) in [5.41, 5.74) is 1.95. The summed E-state index contributed by atoms with van der Waals surface area (Å²) in [5, 5.41) is 11.5. The molecule has 0 fully saturated rings. The van der Waals surface area contributed by atoms with Crippen LogP contribution >= 0.6 is 0 Å². The van der Waals surface area contributed by atoms with Crippen molar-refractivity contribution >= 4 is 5.97 Å². The van der Waals surface area contributed by atoms with Crippen molar-refractivity contribution < 1.29 is 27.9 Å². The second-order valence-corrected chi connectivity index (χ2v) is 6.16. The van der Waals surface area contributed by atoms with Gasteiger partial charge in [-0.1, -0.05) is 5.16 Å². The molecular weight excluding hydrogens is 366 g/mol. The van der Waals surface area contributed by atoms with Crippen LogP contribution in [0.4, 0.5) is 0 Å². The van der Waals surface area contributed by atoms with Crippen molar-refractivity contribution in [3.8, 4) is 11.5 Å². The monoisotopic (exact) mass is 387 g/mol. The van der Waals surface area contributed by atoms with Crippen LogP contribution in [0.1, 0.15) is 52.2 Å². The van der Waals surface area contributed by atoms with Gasteiger partial charge >= 0.3 is 5.97 Å². The van der Waals surface area contributed by atoms with Crippen LogP contribution in [0.5, 0.6) is 11.5 Å². The Bertz CT molecular complexity index is 958. The maximum atomic E-state index is 12.4. The molecule has 1 aromatic carbocycles. The van der Waals surface area contributed by atoms with Crippen molar-refractivity contribution in [2.24, 2.45) is 0 Å². The van der Waals surface area contributed by atoms with Gasteiger partial charge in [-0.2, -0.15) is 0 Å². The van der Waals surface area contributed by atoms with E-state index in [1.54, 1.807) is 32.0 Å². The van der Waals surface area contributed by atoms with Gasteiger partial charge in [0.05, 0.1) is 23.9 Å². The van der Waals surface area contributed by atoms with Gasteiger partial charge in [0, 0.05) is 6.92 Å². The summed E-state index contributed by atoms with van der Waals surface area (Å²) in [5.74, 6) is 1.68. The van der Waals surface area contributed by atoms with Gasteiger partial charge in [-0.15, -0.1) is 10.2 Å². The molecule has 1 atom stereocenters. The van der Waals surface area contributed by atoms with Gasteiger partial charge in [0.15, 0.2) is 17.6 Å². The van der Waals surface area contributed by atoms with Gasteiger partial charge in [-0.3, -0.25) is 0 Å². The number of esters is 1. The number of hydrogen-bond donors (Lipinski definition) is 0. The summed E-state index contributed by atoms with van der Waals surface area (Å²) >= 11 is 0. The number of carbonyl (C=O) groups excluding carboxylic acids is 1. The summed E-state index contributed by atoms with van der Waals surface area (Å²) in [6.07, 6.45) is -0.671. The second-order valence-electron chi connectivity index (χ2n) is 6.16. The Hall–Kier alpha value is -3.36. The fourth-order valence-electron chi connectivity index (χ4n) is 2.53. The zero-order valence-electron chi connectivity index (χ0n) is 16.3. The number of aryl methyl sites for hydroxylation is 3. The van der Waals surface area contributed by atoms with Gasteiger partial charge in [-0.05, 0) is 39.0 Å². The molecule has 0 saturated carbocycles. The first kappa shape index (κ1) is 19.4. The number of hydrogen-bond acceptors (Lipinski definition) is 9. The summed E-state index contributed by atoms with van der Waals surface area (Å²) in [6.45, 7) is 7.26. The van der Waals surface area contributed by atoms with Crippen LogP contribution in [0, 0.1) is 20.8 Å². The first-order valence-electron chi connectivity index (χ1n) is 8.62. The Morgan fingerprint density at radius 1 is 1.18 bits per heavy atom. The van der Waals surface area contributed by atoms with Crippen LogP contribution in [-0.2, 0) is 11.3 Å². The van der Waals surface area contributed by atoms with Crippen LogP contribution in [0.3, 0.4) is 0 Å². The minimum atomic E-state index is -0.671. The molecule has 28 heavy (non-hydrogen) atoms. The average Bonchev–Trinajstić information content (AvgIpc) is 3.25. The molecule has 9 nitrogen and oxygen atoms in total. The maximum absolute atomic E-state index is 12.4. The van der Waals surface area contributed by atoms with E-state index in [2.05, 4.69) is 15.4 Å². The number of methoxy groups -OCH3 is 1. The molecule has 0 aliphatic rings. The van der Waals surface area contributed by atoms with Gasteiger partial charge in [0.25, 0.3) is 5.89 Å². The molecule has 3 rings (SSSR count). The summed E-state index contributed by atoms with van der Waals surface area (Å²) < 4.78 is 26.9. The van der Waals surface area contributed by atoms with Crippen molar-refractivity contribution in [3.05, 3.63) is 52.6 Å². The molecule has 0 aliphatic heterocycles. The molecule has 9 heteroatoms. The summed E-state index contributed by atoms with van der Waals surface area (Å²) in [4.78, 5) is 12.4. The van der Waals surface area contributed by atoms with E-state index in [9.17, 15) is 4.79 Å². The predicted molar refractivity (Wildman–Crippen MR) is 96.2 cm³/mol. The highest BCUT2D eigenvalue weighted by atomic mass is 16.6. The molecule has 0 N–H and O–H groups in total. The fraction of sp³-hybridized carbons (Fsp3) is 0.368. The van der Waals surface area contributed by atoms with Gasteiger partial charge in [-0.25, -0.2) is 4.79 Å². The number of ether oxygens (including phenoxy) is 3. The standard InChI is InChI=1S/C19H21N3O6/c1-10-15(11(2)28-22-10)9-25-16-7-6-14(8-17(16)24-5)19(23)26-12(3)18-21-20-13(4)27-18/h6-8,12H,9H2,1-5H3. The lowest BCUT2D eigenvalue weighted by molar-refractivity contribution is 0.0276. The van der Waals surface area contributed by atoms with Gasteiger partial charge in [0.1, 0.15) is 12.4 Å². The molecule has 0 amide bonds. The molecule has 0 radical (unpaired) electrons. The minimum Gasteiger partial charge on any atom is -0.493 e. The van der Waals surface area contributed by atoms with E-state index in [1.807, 2.05) is 13.8 Å². The molecule has 1 unspecified atom stereocenters. The van der Waals surface area contributed by atoms with Gasteiger partial charge < -0.3 is 23.2 Å². The van der Waals surface area contributed by atoms with Crippen molar-refractivity contribution in [3.63, 3.8) is 0 Å². The van der Waals surface area contributed by atoms with E-state index in [0.717, 1.165) is 11.3 Å². The lowest BCUT2D eigenvalue weighted by Crippen LogP contribution is -2.10. The van der Waals surface area contributed by atoms with Crippen LogP contribution < -0.4 is 9.47 Å². The molecule has 3 aromatic rings. The Balaban J connectivity index is 1.70. The SMILES string of the molecule is COc1cc(C(=O)OC(C)c2nnc(C)o2)ccc1OCc1c(C)noc1C. The minimum absolute atomic E-state index is 0.234. The van der Waals surface area contributed by atoms with Crippen LogP contribution in [-0.4, -0.2) is 28.4 Å². The highest BCUT2D eigenvalue weighted by Crippen LogP contribution is 2.30. The third kappa shape index (κ3) is 4.13.